The van der Waals surface area contributed by atoms with Crippen LogP contribution < -0.4 is 10.6 Å². The van der Waals surface area contributed by atoms with Gasteiger partial charge in [0.05, 0.1) is 10.5 Å². The number of nitrogens with one attached hydrogen (secondary N) is 2. The third kappa shape index (κ3) is 5.00. The van der Waals surface area contributed by atoms with Crippen LogP contribution in [-0.4, -0.2) is 23.8 Å². The van der Waals surface area contributed by atoms with Crippen molar-refractivity contribution < 1.29 is 14.5 Å². The van der Waals surface area contributed by atoms with E-state index in [1.165, 1.54) is 18.2 Å². The van der Waals surface area contributed by atoms with Crippen LogP contribution in [0.5, 0.6) is 0 Å². The van der Waals surface area contributed by atoms with Crippen LogP contribution in [0.2, 0.25) is 0 Å². The number of para-hydroxylation sites is 1. The molecule has 0 heterocycles. The molecule has 2 aromatic carbocycles. The van der Waals surface area contributed by atoms with Crippen molar-refractivity contribution in [1.29, 1.82) is 0 Å². The van der Waals surface area contributed by atoms with E-state index in [1.807, 2.05) is 0 Å². The molecule has 25 heavy (non-hydrogen) atoms. The number of nitrogens with zero attached hydrogens (tertiary/aromatic N) is 1. The molecule has 0 fully saturated rings. The van der Waals surface area contributed by atoms with E-state index in [4.69, 9.17) is 0 Å². The van der Waals surface area contributed by atoms with Crippen LogP contribution >= 0.6 is 0 Å². The van der Waals surface area contributed by atoms with E-state index in [1.54, 1.807) is 49.5 Å². The molecule has 0 aliphatic rings. The number of rotatable bonds is 6. The van der Waals surface area contributed by atoms with Crippen LogP contribution in [0.15, 0.2) is 54.6 Å². The Labute approximate surface area is 144 Å². The highest BCUT2D eigenvalue weighted by Gasteiger charge is 2.10. The van der Waals surface area contributed by atoms with Crippen LogP contribution in [-0.2, 0) is 11.3 Å². The van der Waals surface area contributed by atoms with Crippen LogP contribution in [0.25, 0.3) is 6.08 Å². The highest BCUT2D eigenvalue weighted by atomic mass is 16.6. The Hall–Kier alpha value is -3.48. The van der Waals surface area contributed by atoms with E-state index in [9.17, 15) is 19.7 Å². The van der Waals surface area contributed by atoms with Gasteiger partial charge in [-0.1, -0.05) is 24.3 Å². The summed E-state index contributed by atoms with van der Waals surface area (Å²) < 4.78 is 0. The second-order valence-electron chi connectivity index (χ2n) is 5.15. The van der Waals surface area contributed by atoms with Crippen molar-refractivity contribution in [2.75, 3.05) is 7.05 Å². The van der Waals surface area contributed by atoms with E-state index in [2.05, 4.69) is 10.6 Å². The first-order valence-corrected chi connectivity index (χ1v) is 7.51. The number of amides is 2. The van der Waals surface area contributed by atoms with E-state index < -0.39 is 4.92 Å². The molecule has 2 rings (SSSR count). The molecule has 0 saturated heterocycles. The Bertz CT molecular complexity index is 831. The Morgan fingerprint density at radius 3 is 2.64 bits per heavy atom. The van der Waals surface area contributed by atoms with Crippen LogP contribution in [0.3, 0.4) is 0 Å². The first-order chi connectivity index (χ1) is 12.0. The zero-order chi connectivity index (χ0) is 18.2. The molecule has 0 saturated carbocycles. The number of nitro groups is 1. The van der Waals surface area contributed by atoms with Gasteiger partial charge in [0.15, 0.2) is 0 Å². The summed E-state index contributed by atoms with van der Waals surface area (Å²) in [6, 6.07) is 13.1. The van der Waals surface area contributed by atoms with Crippen molar-refractivity contribution >= 4 is 23.6 Å². The molecule has 7 heteroatoms. The molecule has 0 spiro atoms. The maximum Gasteiger partial charge on any atom is 0.276 e. The van der Waals surface area contributed by atoms with Crippen molar-refractivity contribution in [1.82, 2.24) is 10.6 Å². The quantitative estimate of drug-likeness (QED) is 0.479. The third-order valence-corrected chi connectivity index (χ3v) is 3.43. The Morgan fingerprint density at radius 2 is 1.92 bits per heavy atom. The fourth-order valence-corrected chi connectivity index (χ4v) is 2.18. The standard InChI is InChI=1S/C18H17N3O4/c1-19-18(23)15-7-4-5-13(11-15)12-20-17(22)10-9-14-6-2-3-8-16(14)21(24)25/h2-11H,12H2,1H3,(H,19,23)(H,20,22). The summed E-state index contributed by atoms with van der Waals surface area (Å²) in [5.41, 5.74) is 1.56. The molecule has 0 aromatic heterocycles. The zero-order valence-electron chi connectivity index (χ0n) is 13.6. The molecule has 2 aromatic rings. The Balaban J connectivity index is 2.00. The van der Waals surface area contributed by atoms with Gasteiger partial charge in [0.2, 0.25) is 5.91 Å². The second kappa shape index (κ2) is 8.39. The lowest BCUT2D eigenvalue weighted by molar-refractivity contribution is -0.385. The minimum Gasteiger partial charge on any atom is -0.355 e. The number of benzene rings is 2. The van der Waals surface area contributed by atoms with E-state index >= 15 is 0 Å². The second-order valence-corrected chi connectivity index (χ2v) is 5.15. The van der Waals surface area contributed by atoms with Crippen LogP contribution in [0, 0.1) is 10.1 Å². The van der Waals surface area contributed by atoms with E-state index in [0.29, 0.717) is 11.1 Å². The molecule has 0 aliphatic heterocycles. The first-order valence-electron chi connectivity index (χ1n) is 7.51. The number of hydrogen-bond acceptors (Lipinski definition) is 4. The van der Waals surface area contributed by atoms with Gasteiger partial charge in [-0.3, -0.25) is 19.7 Å². The Morgan fingerprint density at radius 1 is 1.16 bits per heavy atom. The summed E-state index contributed by atoms with van der Waals surface area (Å²) >= 11 is 0. The Kier molecular flexibility index (Phi) is 6.00. The molecule has 0 radical (unpaired) electrons. The summed E-state index contributed by atoms with van der Waals surface area (Å²) in [4.78, 5) is 33.9. The van der Waals surface area contributed by atoms with Gasteiger partial charge in [-0.05, 0) is 29.8 Å². The first kappa shape index (κ1) is 17.9. The molecule has 128 valence electrons. The fraction of sp³-hybridized carbons (Fsp3) is 0.111. The maximum atomic E-state index is 11.9. The SMILES string of the molecule is CNC(=O)c1cccc(CNC(=O)C=Cc2ccccc2[N+](=O)[O-])c1. The molecular formula is C18H17N3O4. The third-order valence-electron chi connectivity index (χ3n) is 3.43. The number of hydrogen-bond donors (Lipinski definition) is 2. The molecule has 0 aliphatic carbocycles. The van der Waals surface area contributed by atoms with E-state index in [-0.39, 0.29) is 24.0 Å². The van der Waals surface area contributed by atoms with E-state index in [0.717, 1.165) is 5.56 Å². The van der Waals surface area contributed by atoms with Gasteiger partial charge >= 0.3 is 0 Å². The molecule has 0 atom stereocenters. The predicted octanol–water partition coefficient (Wildman–Crippen LogP) is 2.28. The van der Waals surface area contributed by atoms with Gasteiger partial charge in [-0.2, -0.15) is 0 Å². The van der Waals surface area contributed by atoms with Crippen molar-refractivity contribution in [3.05, 3.63) is 81.4 Å². The predicted molar refractivity (Wildman–Crippen MR) is 93.8 cm³/mol. The smallest absolute Gasteiger partial charge is 0.276 e. The van der Waals surface area contributed by atoms with Crippen molar-refractivity contribution in [2.24, 2.45) is 0 Å². The largest absolute Gasteiger partial charge is 0.355 e. The molecule has 2 amide bonds. The average molecular weight is 339 g/mol. The van der Waals surface area contributed by atoms with Crippen molar-refractivity contribution in [3.63, 3.8) is 0 Å². The summed E-state index contributed by atoms with van der Waals surface area (Å²) in [7, 11) is 1.55. The van der Waals surface area contributed by atoms with Gasteiger partial charge in [0.1, 0.15) is 0 Å². The van der Waals surface area contributed by atoms with Gasteiger partial charge in [0, 0.05) is 31.3 Å². The highest BCUT2D eigenvalue weighted by molar-refractivity contribution is 5.94. The monoisotopic (exact) mass is 339 g/mol. The summed E-state index contributed by atoms with van der Waals surface area (Å²) in [6.45, 7) is 0.241. The average Bonchev–Trinajstić information content (AvgIpc) is 2.64. The minimum atomic E-state index is -0.498. The lowest BCUT2D eigenvalue weighted by Gasteiger charge is -2.05. The van der Waals surface area contributed by atoms with Crippen LogP contribution in [0.1, 0.15) is 21.5 Å². The lowest BCUT2D eigenvalue weighted by Crippen LogP contribution is -2.21. The lowest BCUT2D eigenvalue weighted by atomic mass is 10.1. The molecule has 2 N–H and O–H groups in total. The summed E-state index contributed by atoms with van der Waals surface area (Å²) in [5.74, 6) is -0.590. The van der Waals surface area contributed by atoms with Gasteiger partial charge in [-0.15, -0.1) is 0 Å². The fourth-order valence-electron chi connectivity index (χ4n) is 2.18. The molecule has 0 unspecified atom stereocenters. The summed E-state index contributed by atoms with van der Waals surface area (Å²) in [6.07, 6.45) is 2.64. The number of carbonyl (C=O) groups is 2. The minimum absolute atomic E-state index is 0.0650. The van der Waals surface area contributed by atoms with Crippen molar-refractivity contribution in [3.8, 4) is 0 Å². The number of carbonyl (C=O) groups excluding carboxylic acids is 2. The maximum absolute atomic E-state index is 11.9. The van der Waals surface area contributed by atoms with Gasteiger partial charge in [-0.25, -0.2) is 0 Å². The molecular weight excluding hydrogens is 322 g/mol. The van der Waals surface area contributed by atoms with Crippen LogP contribution in [0.4, 0.5) is 5.69 Å². The summed E-state index contributed by atoms with van der Waals surface area (Å²) in [5, 5.41) is 16.1. The molecule has 0 bridgehead atoms. The zero-order valence-corrected chi connectivity index (χ0v) is 13.6. The topological polar surface area (TPSA) is 101 Å². The normalized spacial score (nSPS) is 10.4. The highest BCUT2D eigenvalue weighted by Crippen LogP contribution is 2.18. The van der Waals surface area contributed by atoms with Gasteiger partial charge in [0.25, 0.3) is 11.6 Å². The molecule has 7 nitrogen and oxygen atoms in total. The van der Waals surface area contributed by atoms with Crippen molar-refractivity contribution in [2.45, 2.75) is 6.54 Å². The number of nitro benzene ring substituents is 1. The van der Waals surface area contributed by atoms with Gasteiger partial charge < -0.3 is 10.6 Å².